The van der Waals surface area contributed by atoms with Gasteiger partial charge < -0.3 is 28.4 Å². The number of aromatic nitrogens is 1. The number of carbonyl (C=O) groups excluding carboxylic acids is 2. The molecule has 0 amide bonds. The molecule has 1 aliphatic rings. The number of thiazole rings is 1. The van der Waals surface area contributed by atoms with Crippen LogP contribution in [0.5, 0.6) is 23.0 Å². The Morgan fingerprint density at radius 3 is 2.31 bits per heavy atom. The Kier molecular flexibility index (Phi) is 11.2. The summed E-state index contributed by atoms with van der Waals surface area (Å²) in [7, 11) is 1.28. The van der Waals surface area contributed by atoms with Crippen molar-refractivity contribution in [3.05, 3.63) is 91.1 Å². The average molecular weight is 637 g/mol. The Balaban J connectivity index is 1.86. The van der Waals surface area contributed by atoms with E-state index in [0.29, 0.717) is 62.4 Å². The minimum Gasteiger partial charge on any atom is -0.490 e. The van der Waals surface area contributed by atoms with Gasteiger partial charge in [0.25, 0.3) is 5.56 Å². The normalized spacial score (nSPS) is 14.2. The van der Waals surface area contributed by atoms with E-state index < -0.39 is 18.0 Å². The number of hydrogen-bond donors (Lipinski definition) is 0. The van der Waals surface area contributed by atoms with Crippen molar-refractivity contribution in [1.82, 2.24) is 4.57 Å². The van der Waals surface area contributed by atoms with Crippen LogP contribution in [0.2, 0.25) is 0 Å². The highest BCUT2D eigenvalue weighted by molar-refractivity contribution is 7.07. The minimum absolute atomic E-state index is 0.160. The van der Waals surface area contributed by atoms with Gasteiger partial charge in [0.1, 0.15) is 6.61 Å². The Bertz CT molecular complexity index is 1790. The van der Waals surface area contributed by atoms with E-state index in [1.54, 1.807) is 62.4 Å². The second kappa shape index (κ2) is 15.2. The van der Waals surface area contributed by atoms with Gasteiger partial charge in [-0.2, -0.15) is 0 Å². The molecule has 1 atom stereocenters. The first-order valence-corrected chi connectivity index (χ1v) is 15.2. The van der Waals surface area contributed by atoms with Crippen LogP contribution in [0.4, 0.5) is 0 Å². The van der Waals surface area contributed by atoms with Crippen LogP contribution in [-0.4, -0.2) is 56.6 Å². The average Bonchev–Trinajstić information content (AvgIpc) is 3.33. The van der Waals surface area contributed by atoms with E-state index in [4.69, 9.17) is 23.7 Å². The summed E-state index contributed by atoms with van der Waals surface area (Å²) < 4.78 is 34.9. The van der Waals surface area contributed by atoms with Crippen molar-refractivity contribution in [2.24, 2.45) is 4.99 Å². The fraction of sp³-hybridized carbons (Fsp3) is 0.333. The first kappa shape index (κ1) is 33.1. The maximum Gasteiger partial charge on any atom is 0.343 e. The van der Waals surface area contributed by atoms with Crippen molar-refractivity contribution < 1.29 is 38.0 Å². The van der Waals surface area contributed by atoms with Gasteiger partial charge in [-0.3, -0.25) is 9.36 Å². The van der Waals surface area contributed by atoms with Crippen LogP contribution < -0.4 is 33.8 Å². The maximum absolute atomic E-state index is 14.1. The molecule has 1 aromatic heterocycles. The number of hydrogen-bond acceptors (Lipinski definition) is 11. The zero-order chi connectivity index (χ0) is 32.5. The highest BCUT2D eigenvalue weighted by Gasteiger charge is 2.34. The lowest BCUT2D eigenvalue weighted by molar-refractivity contribution is -0.143. The van der Waals surface area contributed by atoms with Crippen LogP contribution in [0.3, 0.4) is 0 Å². The van der Waals surface area contributed by atoms with Gasteiger partial charge in [0.05, 0.1) is 48.8 Å². The smallest absolute Gasteiger partial charge is 0.343 e. The molecule has 0 N–H and O–H groups in total. The maximum atomic E-state index is 14.1. The fourth-order valence-electron chi connectivity index (χ4n) is 4.69. The number of rotatable bonds is 14. The van der Waals surface area contributed by atoms with Gasteiger partial charge in [-0.05, 0) is 69.2 Å². The van der Waals surface area contributed by atoms with Crippen molar-refractivity contribution in [3.63, 3.8) is 0 Å². The highest BCUT2D eigenvalue weighted by atomic mass is 32.1. The number of ether oxygens (including phenoxy) is 6. The number of esters is 2. The Morgan fingerprint density at radius 1 is 0.956 bits per heavy atom. The number of carbonyl (C=O) groups is 2. The lowest BCUT2D eigenvalue weighted by Gasteiger charge is -2.25. The van der Waals surface area contributed by atoms with Crippen molar-refractivity contribution >= 4 is 29.4 Å². The van der Waals surface area contributed by atoms with Gasteiger partial charge in [-0.1, -0.05) is 36.1 Å². The first-order valence-electron chi connectivity index (χ1n) is 14.4. The second-order valence-corrected chi connectivity index (χ2v) is 10.6. The Hall–Kier alpha value is -4.84. The lowest BCUT2D eigenvalue weighted by Crippen LogP contribution is -2.40. The van der Waals surface area contributed by atoms with Crippen LogP contribution in [0, 0.1) is 0 Å². The third kappa shape index (κ3) is 7.46. The quantitative estimate of drug-likeness (QED) is 0.192. The predicted molar refractivity (Wildman–Crippen MR) is 169 cm³/mol. The molecule has 45 heavy (non-hydrogen) atoms. The molecule has 2 aromatic carbocycles. The summed E-state index contributed by atoms with van der Waals surface area (Å²) in [6.07, 6.45) is 3.35. The summed E-state index contributed by atoms with van der Waals surface area (Å²) in [5, 5.41) is 0. The molecule has 0 radical (unpaired) electrons. The van der Waals surface area contributed by atoms with Crippen LogP contribution in [0.1, 0.15) is 44.9 Å². The summed E-state index contributed by atoms with van der Waals surface area (Å²) >= 11 is 1.20. The van der Waals surface area contributed by atoms with Crippen LogP contribution in [-0.2, 0) is 19.1 Å². The third-order valence-electron chi connectivity index (χ3n) is 6.60. The second-order valence-electron chi connectivity index (χ2n) is 9.55. The molecule has 0 spiro atoms. The van der Waals surface area contributed by atoms with Crippen LogP contribution in [0.25, 0.3) is 6.08 Å². The van der Waals surface area contributed by atoms with E-state index in [1.165, 1.54) is 23.0 Å². The van der Waals surface area contributed by atoms with Gasteiger partial charge in [-0.25, -0.2) is 14.6 Å². The number of fused-ring (bicyclic) bond motifs is 1. The van der Waals surface area contributed by atoms with Crippen molar-refractivity contribution in [1.29, 1.82) is 0 Å². The molecule has 3 aromatic rings. The van der Waals surface area contributed by atoms with Crippen molar-refractivity contribution in [3.8, 4) is 23.0 Å². The van der Waals surface area contributed by atoms with E-state index in [0.717, 1.165) is 0 Å². The summed E-state index contributed by atoms with van der Waals surface area (Å²) in [6.45, 7) is 11.7. The van der Waals surface area contributed by atoms with E-state index >= 15 is 0 Å². The van der Waals surface area contributed by atoms with Crippen molar-refractivity contribution in [2.75, 3.05) is 40.1 Å². The summed E-state index contributed by atoms with van der Waals surface area (Å²) in [4.78, 5) is 44.0. The number of methoxy groups -OCH3 is 1. The van der Waals surface area contributed by atoms with Gasteiger partial charge in [0, 0.05) is 0 Å². The number of nitrogens with zero attached hydrogens (tertiary/aromatic N) is 2. The first-order chi connectivity index (χ1) is 21.8. The fourth-order valence-corrected chi connectivity index (χ4v) is 5.73. The zero-order valence-corrected chi connectivity index (χ0v) is 26.7. The Labute approximate surface area is 264 Å². The van der Waals surface area contributed by atoms with Crippen LogP contribution in [0.15, 0.2) is 70.1 Å². The van der Waals surface area contributed by atoms with Crippen LogP contribution >= 0.6 is 11.3 Å². The highest BCUT2D eigenvalue weighted by Crippen LogP contribution is 2.36. The molecular formula is C33H36N2O9S. The molecule has 238 valence electrons. The molecular weight excluding hydrogens is 600 g/mol. The molecule has 2 heterocycles. The topological polar surface area (TPSA) is 124 Å². The lowest BCUT2D eigenvalue weighted by atomic mass is 9.95. The minimum atomic E-state index is -0.830. The molecule has 12 heteroatoms. The Morgan fingerprint density at radius 2 is 1.64 bits per heavy atom. The predicted octanol–water partition coefficient (Wildman–Crippen LogP) is 3.71. The molecule has 0 saturated heterocycles. The van der Waals surface area contributed by atoms with Crippen molar-refractivity contribution in [2.45, 2.75) is 33.7 Å². The molecule has 4 rings (SSSR count). The molecule has 0 fully saturated rings. The molecule has 0 aliphatic carbocycles. The molecule has 0 bridgehead atoms. The largest absolute Gasteiger partial charge is 0.490 e. The van der Waals surface area contributed by atoms with Gasteiger partial charge in [0.2, 0.25) is 0 Å². The molecule has 1 aliphatic heterocycles. The SMILES string of the molecule is C=CCOc1ccc(C2C(C(=O)OCC)=C(C)N=c3s/c(=C/c4ccc(OCC(=O)OC)c(OCC)c4)c(=O)n32)cc1OCC. The summed E-state index contributed by atoms with van der Waals surface area (Å²) in [5.74, 6) is 0.656. The van der Waals surface area contributed by atoms with Gasteiger partial charge in [-0.15, -0.1) is 0 Å². The third-order valence-corrected chi connectivity index (χ3v) is 7.58. The zero-order valence-electron chi connectivity index (χ0n) is 25.9. The van der Waals surface area contributed by atoms with Gasteiger partial charge in [0.15, 0.2) is 34.4 Å². The molecule has 11 nitrogen and oxygen atoms in total. The van der Waals surface area contributed by atoms with E-state index in [2.05, 4.69) is 16.3 Å². The summed E-state index contributed by atoms with van der Waals surface area (Å²) in [6, 6.07) is 9.60. The number of allylic oxidation sites excluding steroid dienone is 1. The summed E-state index contributed by atoms with van der Waals surface area (Å²) in [5.41, 5.74) is 1.65. The number of benzene rings is 2. The monoisotopic (exact) mass is 636 g/mol. The van der Waals surface area contributed by atoms with Gasteiger partial charge >= 0.3 is 11.9 Å². The van der Waals surface area contributed by atoms with E-state index in [1.807, 2.05) is 13.8 Å². The molecule has 0 saturated carbocycles. The van der Waals surface area contributed by atoms with E-state index in [9.17, 15) is 14.4 Å². The standard InChI is InChI=1S/C33H36N2O9S/c1-7-15-43-23-14-12-22(18-26(23)41-9-3)30-29(32(38)42-10-4)20(5)34-33-35(30)31(37)27(45-33)17-21-11-13-24(25(16-21)40-8-2)44-19-28(36)39-6/h7,11-14,16-18,30H,1,8-10,15,19H2,2-6H3/b27-17+. The van der Waals surface area contributed by atoms with E-state index in [-0.39, 0.29) is 31.0 Å². The molecule has 1 unspecified atom stereocenters.